The quantitative estimate of drug-likeness (QED) is 0.720. The van der Waals surface area contributed by atoms with E-state index in [1.807, 2.05) is 24.3 Å². The Morgan fingerprint density at radius 3 is 2.73 bits per heavy atom. The van der Waals surface area contributed by atoms with Crippen molar-refractivity contribution < 1.29 is 4.79 Å². The van der Waals surface area contributed by atoms with Crippen molar-refractivity contribution in [3.8, 4) is 0 Å². The molecule has 0 aliphatic heterocycles. The fourth-order valence-electron chi connectivity index (χ4n) is 1.50. The second-order valence-electron chi connectivity index (χ2n) is 3.57. The molecule has 3 nitrogen and oxygen atoms in total. The predicted octanol–water partition coefficient (Wildman–Crippen LogP) is 2.93. The Balaban J connectivity index is 2.59. The molecular weight excluding hydrogens is 256 g/mol. The largest absolute Gasteiger partial charge is 0.330 e. The summed E-state index contributed by atoms with van der Waals surface area (Å²) in [5, 5.41) is 1.06. The van der Waals surface area contributed by atoms with Gasteiger partial charge in [-0.25, -0.2) is 4.79 Å². The summed E-state index contributed by atoms with van der Waals surface area (Å²) in [5.74, 6) is 0. The van der Waals surface area contributed by atoms with Gasteiger partial charge >= 0.3 is 6.03 Å². The van der Waals surface area contributed by atoms with Gasteiger partial charge in [0.05, 0.1) is 5.52 Å². The van der Waals surface area contributed by atoms with E-state index >= 15 is 0 Å². The fourth-order valence-corrected chi connectivity index (χ4v) is 1.87. The van der Waals surface area contributed by atoms with Gasteiger partial charge in [0.25, 0.3) is 0 Å². The summed E-state index contributed by atoms with van der Waals surface area (Å²) in [6.07, 6.45) is 1.79. The van der Waals surface area contributed by atoms with Gasteiger partial charge in [-0.05, 0) is 24.3 Å². The number of aromatic nitrogens is 1. The summed E-state index contributed by atoms with van der Waals surface area (Å²) >= 11 is 3.40. The molecule has 0 saturated heterocycles. The number of amides is 1. The summed E-state index contributed by atoms with van der Waals surface area (Å²) in [4.78, 5) is 13.3. The topological polar surface area (TPSA) is 25.2 Å². The highest BCUT2D eigenvalue weighted by molar-refractivity contribution is 9.10. The van der Waals surface area contributed by atoms with Crippen LogP contribution < -0.4 is 0 Å². The maximum absolute atomic E-state index is 11.8. The highest BCUT2D eigenvalue weighted by atomic mass is 79.9. The number of benzene rings is 1. The van der Waals surface area contributed by atoms with Crippen molar-refractivity contribution in [2.75, 3.05) is 14.1 Å². The summed E-state index contributed by atoms with van der Waals surface area (Å²) in [6.45, 7) is 0. The Kier molecular flexibility index (Phi) is 2.52. The minimum absolute atomic E-state index is 0.0349. The van der Waals surface area contributed by atoms with E-state index in [1.165, 1.54) is 0 Å². The monoisotopic (exact) mass is 266 g/mol. The smallest absolute Gasteiger partial charge is 0.328 e. The molecule has 0 radical (unpaired) electrons. The van der Waals surface area contributed by atoms with Crippen molar-refractivity contribution >= 4 is 32.9 Å². The zero-order valence-electron chi connectivity index (χ0n) is 8.57. The Morgan fingerprint density at radius 1 is 1.33 bits per heavy atom. The average molecular weight is 267 g/mol. The summed E-state index contributed by atoms with van der Waals surface area (Å²) in [6, 6.07) is 7.76. The molecule has 1 heterocycles. The van der Waals surface area contributed by atoms with Crippen LogP contribution in [0.4, 0.5) is 4.79 Å². The van der Waals surface area contributed by atoms with Crippen LogP contribution in [-0.2, 0) is 0 Å². The molecule has 0 fully saturated rings. The third-order valence-corrected chi connectivity index (χ3v) is 2.73. The van der Waals surface area contributed by atoms with Gasteiger partial charge in [0.15, 0.2) is 0 Å². The fraction of sp³-hybridized carbons (Fsp3) is 0.182. The maximum Gasteiger partial charge on any atom is 0.328 e. The Bertz CT molecular complexity index is 516. The van der Waals surface area contributed by atoms with Crippen molar-refractivity contribution in [2.45, 2.75) is 0 Å². The third-order valence-electron chi connectivity index (χ3n) is 2.24. The molecule has 0 aliphatic rings. The lowest BCUT2D eigenvalue weighted by Crippen LogP contribution is -2.26. The predicted molar refractivity (Wildman–Crippen MR) is 64.1 cm³/mol. The molecular formula is C11H11BrN2O. The van der Waals surface area contributed by atoms with Crippen LogP contribution in [0.1, 0.15) is 0 Å². The van der Waals surface area contributed by atoms with Crippen LogP contribution in [0.3, 0.4) is 0 Å². The summed E-state index contributed by atoms with van der Waals surface area (Å²) in [5.41, 5.74) is 0.928. The molecule has 0 bridgehead atoms. The van der Waals surface area contributed by atoms with Crippen LogP contribution in [0.5, 0.6) is 0 Å². The van der Waals surface area contributed by atoms with E-state index in [2.05, 4.69) is 15.9 Å². The first-order valence-electron chi connectivity index (χ1n) is 4.58. The lowest BCUT2D eigenvalue weighted by Gasteiger charge is -2.11. The Labute approximate surface area is 96.4 Å². The number of halogens is 1. The van der Waals surface area contributed by atoms with Gasteiger partial charge in [-0.2, -0.15) is 0 Å². The number of rotatable bonds is 0. The minimum atomic E-state index is -0.0349. The van der Waals surface area contributed by atoms with Crippen molar-refractivity contribution in [1.82, 2.24) is 9.47 Å². The molecule has 0 N–H and O–H groups in total. The standard InChI is InChI=1S/C11H11BrN2O/c1-13(2)11(15)14-6-5-8-7-9(12)3-4-10(8)14/h3-7H,1-2H3. The van der Waals surface area contributed by atoms with E-state index in [1.54, 1.807) is 29.8 Å². The maximum atomic E-state index is 11.8. The molecule has 4 heteroatoms. The molecule has 1 aromatic heterocycles. The first kappa shape index (κ1) is 10.2. The van der Waals surface area contributed by atoms with Gasteiger partial charge in [-0.3, -0.25) is 4.57 Å². The van der Waals surface area contributed by atoms with Crippen molar-refractivity contribution in [3.63, 3.8) is 0 Å². The first-order valence-corrected chi connectivity index (χ1v) is 5.37. The number of nitrogens with zero attached hydrogens (tertiary/aromatic N) is 2. The molecule has 0 saturated carbocycles. The van der Waals surface area contributed by atoms with E-state index in [0.29, 0.717) is 0 Å². The molecule has 1 amide bonds. The second kappa shape index (κ2) is 3.70. The van der Waals surface area contributed by atoms with Gasteiger partial charge in [-0.15, -0.1) is 0 Å². The molecule has 0 unspecified atom stereocenters. The van der Waals surface area contributed by atoms with Gasteiger partial charge < -0.3 is 4.90 Å². The normalized spacial score (nSPS) is 10.6. The second-order valence-corrected chi connectivity index (χ2v) is 4.48. The number of fused-ring (bicyclic) bond motifs is 1. The number of hydrogen-bond donors (Lipinski definition) is 0. The number of carbonyl (C=O) groups is 1. The van der Waals surface area contributed by atoms with Crippen LogP contribution >= 0.6 is 15.9 Å². The van der Waals surface area contributed by atoms with E-state index in [4.69, 9.17) is 0 Å². The van der Waals surface area contributed by atoms with Gasteiger partial charge in [0.2, 0.25) is 0 Å². The summed E-state index contributed by atoms with van der Waals surface area (Å²) < 4.78 is 2.66. The van der Waals surface area contributed by atoms with Crippen LogP contribution in [0, 0.1) is 0 Å². The van der Waals surface area contributed by atoms with Gasteiger partial charge in [-0.1, -0.05) is 15.9 Å². The van der Waals surface area contributed by atoms with Crippen LogP contribution in [0.15, 0.2) is 34.9 Å². The highest BCUT2D eigenvalue weighted by Crippen LogP contribution is 2.20. The Hall–Kier alpha value is -1.29. The lowest BCUT2D eigenvalue weighted by atomic mass is 10.2. The molecule has 2 aromatic rings. The number of carbonyl (C=O) groups excluding carboxylic acids is 1. The molecule has 0 spiro atoms. The minimum Gasteiger partial charge on any atom is -0.330 e. The van der Waals surface area contributed by atoms with E-state index in [-0.39, 0.29) is 6.03 Å². The Morgan fingerprint density at radius 2 is 2.07 bits per heavy atom. The first-order chi connectivity index (χ1) is 7.09. The molecule has 0 atom stereocenters. The zero-order chi connectivity index (χ0) is 11.0. The summed E-state index contributed by atoms with van der Waals surface area (Å²) in [7, 11) is 3.49. The van der Waals surface area contributed by atoms with Gasteiger partial charge in [0.1, 0.15) is 0 Å². The zero-order valence-corrected chi connectivity index (χ0v) is 10.2. The number of hydrogen-bond acceptors (Lipinski definition) is 1. The molecule has 0 aliphatic carbocycles. The highest BCUT2D eigenvalue weighted by Gasteiger charge is 2.09. The van der Waals surface area contributed by atoms with Crippen LogP contribution in [0.2, 0.25) is 0 Å². The lowest BCUT2D eigenvalue weighted by molar-refractivity contribution is 0.220. The van der Waals surface area contributed by atoms with Gasteiger partial charge in [0, 0.05) is 30.2 Å². The van der Waals surface area contributed by atoms with Crippen molar-refractivity contribution in [2.24, 2.45) is 0 Å². The van der Waals surface area contributed by atoms with Crippen molar-refractivity contribution in [1.29, 1.82) is 0 Å². The van der Waals surface area contributed by atoms with E-state index in [9.17, 15) is 4.79 Å². The molecule has 78 valence electrons. The van der Waals surface area contributed by atoms with Crippen molar-refractivity contribution in [3.05, 3.63) is 34.9 Å². The SMILES string of the molecule is CN(C)C(=O)n1ccc2cc(Br)ccc21. The van der Waals surface area contributed by atoms with E-state index < -0.39 is 0 Å². The molecule has 1 aromatic carbocycles. The third kappa shape index (κ3) is 1.77. The van der Waals surface area contributed by atoms with Crippen LogP contribution in [-0.4, -0.2) is 29.6 Å². The molecule has 15 heavy (non-hydrogen) atoms. The average Bonchev–Trinajstić information content (AvgIpc) is 2.59. The van der Waals surface area contributed by atoms with Crippen LogP contribution in [0.25, 0.3) is 10.9 Å². The van der Waals surface area contributed by atoms with E-state index in [0.717, 1.165) is 15.4 Å². The molecule has 2 rings (SSSR count).